The molecule has 8 nitrogen and oxygen atoms in total. The quantitative estimate of drug-likeness (QED) is 0.467. The van der Waals surface area contributed by atoms with E-state index < -0.39 is 22.0 Å². The van der Waals surface area contributed by atoms with E-state index in [1.54, 1.807) is 55.5 Å². The Kier molecular flexibility index (Phi) is 8.14. The Morgan fingerprint density at radius 1 is 0.886 bits per heavy atom. The van der Waals surface area contributed by atoms with Gasteiger partial charge in [0.2, 0.25) is 10.0 Å². The number of ether oxygens (including phenoxy) is 1. The number of para-hydroxylation sites is 1. The van der Waals surface area contributed by atoms with Gasteiger partial charge in [-0.15, -0.1) is 0 Å². The SMILES string of the molecule is C[C@H](Oc1ccc(N(C)S(C)(=O)=O)cc1)C(=O)Nc1ccccc1C(=O)N[C@H](C)c1ccccc1. The van der Waals surface area contributed by atoms with E-state index >= 15 is 0 Å². The van der Waals surface area contributed by atoms with Crippen molar-refractivity contribution in [2.45, 2.75) is 26.0 Å². The van der Waals surface area contributed by atoms with E-state index in [-0.39, 0.29) is 11.9 Å². The van der Waals surface area contributed by atoms with Crippen molar-refractivity contribution < 1.29 is 22.7 Å². The highest BCUT2D eigenvalue weighted by Crippen LogP contribution is 2.22. The van der Waals surface area contributed by atoms with Crippen molar-refractivity contribution in [2.24, 2.45) is 0 Å². The van der Waals surface area contributed by atoms with Gasteiger partial charge in [0.05, 0.1) is 29.2 Å². The summed E-state index contributed by atoms with van der Waals surface area (Å²) < 4.78 is 30.2. The first-order valence-electron chi connectivity index (χ1n) is 11.0. The molecule has 2 N–H and O–H groups in total. The minimum Gasteiger partial charge on any atom is -0.481 e. The maximum atomic E-state index is 12.9. The van der Waals surface area contributed by atoms with Crippen LogP contribution in [0.2, 0.25) is 0 Å². The van der Waals surface area contributed by atoms with Crippen LogP contribution in [0.5, 0.6) is 5.75 Å². The van der Waals surface area contributed by atoms with Gasteiger partial charge in [-0.2, -0.15) is 0 Å². The standard InChI is InChI=1S/C26H29N3O5S/c1-18(20-10-6-5-7-11-20)27-26(31)23-12-8-9-13-24(23)28-25(30)19(2)34-22-16-14-21(15-17-22)29(3)35(4,32)33/h5-19H,1-4H3,(H,27,31)(H,28,30)/t18-,19+/m1/s1. The molecular formula is C26H29N3O5S. The van der Waals surface area contributed by atoms with Crippen molar-refractivity contribution in [3.63, 3.8) is 0 Å². The Hall–Kier alpha value is -3.85. The minimum atomic E-state index is -3.38. The van der Waals surface area contributed by atoms with Crippen molar-refractivity contribution in [3.8, 4) is 5.75 Å². The first kappa shape index (κ1) is 25.8. The van der Waals surface area contributed by atoms with Gasteiger partial charge in [-0.3, -0.25) is 13.9 Å². The molecule has 2 atom stereocenters. The molecule has 3 rings (SSSR count). The monoisotopic (exact) mass is 495 g/mol. The average Bonchev–Trinajstić information content (AvgIpc) is 2.84. The number of carbonyl (C=O) groups is 2. The zero-order valence-corrected chi connectivity index (χ0v) is 20.9. The summed E-state index contributed by atoms with van der Waals surface area (Å²) in [5, 5.41) is 5.71. The summed E-state index contributed by atoms with van der Waals surface area (Å²) in [5.41, 5.74) is 2.15. The van der Waals surface area contributed by atoms with Crippen LogP contribution in [-0.2, 0) is 14.8 Å². The topological polar surface area (TPSA) is 105 Å². The summed E-state index contributed by atoms with van der Waals surface area (Å²) >= 11 is 0. The van der Waals surface area contributed by atoms with Crippen LogP contribution in [0, 0.1) is 0 Å². The highest BCUT2D eigenvalue weighted by atomic mass is 32.2. The lowest BCUT2D eigenvalue weighted by Gasteiger charge is -2.19. The van der Waals surface area contributed by atoms with E-state index in [1.165, 1.54) is 7.05 Å². The summed E-state index contributed by atoms with van der Waals surface area (Å²) in [6, 6.07) is 22.5. The number of nitrogens with one attached hydrogen (secondary N) is 2. The molecule has 2 amide bonds. The highest BCUT2D eigenvalue weighted by Gasteiger charge is 2.20. The zero-order valence-electron chi connectivity index (χ0n) is 20.1. The van der Waals surface area contributed by atoms with Crippen molar-refractivity contribution >= 4 is 33.2 Å². The number of hydrogen-bond acceptors (Lipinski definition) is 5. The van der Waals surface area contributed by atoms with Crippen LogP contribution in [0.25, 0.3) is 0 Å². The minimum absolute atomic E-state index is 0.209. The van der Waals surface area contributed by atoms with Gasteiger partial charge in [0, 0.05) is 7.05 Å². The van der Waals surface area contributed by atoms with Crippen molar-refractivity contribution in [2.75, 3.05) is 22.9 Å². The van der Waals surface area contributed by atoms with E-state index in [4.69, 9.17) is 4.74 Å². The van der Waals surface area contributed by atoms with Crippen LogP contribution in [0.4, 0.5) is 11.4 Å². The average molecular weight is 496 g/mol. The van der Waals surface area contributed by atoms with Crippen molar-refractivity contribution in [1.29, 1.82) is 0 Å². The summed E-state index contributed by atoms with van der Waals surface area (Å²) in [7, 11) is -1.93. The molecule has 3 aromatic rings. The molecule has 35 heavy (non-hydrogen) atoms. The van der Waals surface area contributed by atoms with E-state index in [9.17, 15) is 18.0 Å². The fourth-order valence-corrected chi connectivity index (χ4v) is 3.81. The van der Waals surface area contributed by atoms with Crippen LogP contribution in [0.1, 0.15) is 35.8 Å². The molecule has 3 aromatic carbocycles. The molecule has 0 aliphatic rings. The Morgan fingerprint density at radius 3 is 2.11 bits per heavy atom. The third-order valence-electron chi connectivity index (χ3n) is 5.46. The Labute approximate surface area is 206 Å². The number of anilines is 2. The molecule has 0 radical (unpaired) electrons. The molecule has 0 fully saturated rings. The second-order valence-electron chi connectivity index (χ2n) is 8.13. The summed E-state index contributed by atoms with van der Waals surface area (Å²) in [5.74, 6) is -0.337. The van der Waals surface area contributed by atoms with Gasteiger partial charge in [-0.1, -0.05) is 42.5 Å². The van der Waals surface area contributed by atoms with Gasteiger partial charge in [0.15, 0.2) is 6.10 Å². The summed E-state index contributed by atoms with van der Waals surface area (Å²) in [4.78, 5) is 25.7. The first-order valence-corrected chi connectivity index (χ1v) is 12.9. The molecule has 0 unspecified atom stereocenters. The largest absolute Gasteiger partial charge is 0.481 e. The molecule has 0 bridgehead atoms. The van der Waals surface area contributed by atoms with Gasteiger partial charge in [-0.25, -0.2) is 8.42 Å². The fraction of sp³-hybridized carbons (Fsp3) is 0.231. The number of nitrogens with zero attached hydrogens (tertiary/aromatic N) is 1. The predicted octanol–water partition coefficient (Wildman–Crippen LogP) is 3.98. The number of rotatable bonds is 9. The van der Waals surface area contributed by atoms with Crippen LogP contribution in [0.3, 0.4) is 0 Å². The molecule has 0 heterocycles. The maximum Gasteiger partial charge on any atom is 0.265 e. The number of amides is 2. The van der Waals surface area contributed by atoms with E-state index in [0.717, 1.165) is 16.1 Å². The van der Waals surface area contributed by atoms with Gasteiger partial charge in [0.25, 0.3) is 11.8 Å². The van der Waals surface area contributed by atoms with E-state index in [2.05, 4.69) is 10.6 Å². The lowest BCUT2D eigenvalue weighted by molar-refractivity contribution is -0.122. The molecule has 184 valence electrons. The smallest absolute Gasteiger partial charge is 0.265 e. The van der Waals surface area contributed by atoms with Gasteiger partial charge < -0.3 is 15.4 Å². The summed E-state index contributed by atoms with van der Waals surface area (Å²) in [6.45, 7) is 3.48. The molecule has 0 aliphatic carbocycles. The number of hydrogen-bond donors (Lipinski definition) is 2. The Balaban J connectivity index is 1.65. The predicted molar refractivity (Wildman–Crippen MR) is 137 cm³/mol. The van der Waals surface area contributed by atoms with Gasteiger partial charge in [-0.05, 0) is 55.8 Å². The molecule has 9 heteroatoms. The molecule has 0 saturated carbocycles. The van der Waals surface area contributed by atoms with Gasteiger partial charge in [0.1, 0.15) is 5.75 Å². The number of benzene rings is 3. The normalized spacial score (nSPS) is 12.8. The third kappa shape index (κ3) is 6.83. The maximum absolute atomic E-state index is 12.9. The fourth-order valence-electron chi connectivity index (χ4n) is 3.31. The lowest BCUT2D eigenvalue weighted by Crippen LogP contribution is -2.32. The van der Waals surface area contributed by atoms with E-state index in [1.807, 2.05) is 37.3 Å². The molecule has 0 saturated heterocycles. The highest BCUT2D eigenvalue weighted by molar-refractivity contribution is 7.92. The van der Waals surface area contributed by atoms with Gasteiger partial charge >= 0.3 is 0 Å². The van der Waals surface area contributed by atoms with Crippen LogP contribution < -0.4 is 19.7 Å². The second kappa shape index (κ2) is 11.1. The van der Waals surface area contributed by atoms with Crippen LogP contribution in [-0.4, -0.2) is 39.6 Å². The molecule has 0 aliphatic heterocycles. The third-order valence-corrected chi connectivity index (χ3v) is 6.66. The Bertz CT molecular complexity index is 1280. The van der Waals surface area contributed by atoms with Crippen LogP contribution >= 0.6 is 0 Å². The molecule has 0 spiro atoms. The second-order valence-corrected chi connectivity index (χ2v) is 10.1. The number of sulfonamides is 1. The van der Waals surface area contributed by atoms with Crippen molar-refractivity contribution in [1.82, 2.24) is 5.32 Å². The van der Waals surface area contributed by atoms with Crippen LogP contribution in [0.15, 0.2) is 78.9 Å². The Morgan fingerprint density at radius 2 is 1.49 bits per heavy atom. The lowest BCUT2D eigenvalue weighted by atomic mass is 10.1. The van der Waals surface area contributed by atoms with Crippen molar-refractivity contribution in [3.05, 3.63) is 90.0 Å². The first-order chi connectivity index (χ1) is 16.6. The zero-order chi connectivity index (χ0) is 25.6. The molecule has 0 aromatic heterocycles. The van der Waals surface area contributed by atoms with E-state index in [0.29, 0.717) is 22.7 Å². The number of carbonyl (C=O) groups excluding carboxylic acids is 2. The molecular weight excluding hydrogens is 466 g/mol. The summed E-state index contributed by atoms with van der Waals surface area (Å²) in [6.07, 6.45) is 0.248.